The number of aliphatic hydroxyl groups excluding tert-OH is 7. The average Bonchev–Trinajstić information content (AvgIpc) is 3.57. The van der Waals surface area contributed by atoms with Crippen LogP contribution in [0.1, 0.15) is 45.4 Å². The highest BCUT2D eigenvalue weighted by atomic mass is 32.2. The number of thioether (sulfide) groups is 1. The summed E-state index contributed by atoms with van der Waals surface area (Å²) in [5, 5.41) is 95.1. The molecule has 0 aliphatic carbocycles. The Hall–Kier alpha value is -2.50. The first-order valence-corrected chi connectivity index (χ1v) is 16.7. The lowest BCUT2D eigenvalue weighted by Gasteiger charge is -2.47. The smallest absolute Gasteiger partial charge is 0.346 e. The molecule has 0 spiro atoms. The highest BCUT2D eigenvalue weighted by Crippen LogP contribution is 2.42. The van der Waals surface area contributed by atoms with E-state index in [2.05, 4.69) is 20.9 Å². The number of hydrogen-bond donors (Lipinski definition) is 10. The number of aromatic nitrogens is 3. The molecule has 3 heterocycles. The van der Waals surface area contributed by atoms with Crippen LogP contribution in [0.25, 0.3) is 0 Å². The molecule has 2 aliphatic heterocycles. The Morgan fingerprint density at radius 2 is 1.85 bits per heavy atom. The molecule has 0 bridgehead atoms. The van der Waals surface area contributed by atoms with Crippen molar-refractivity contribution < 1.29 is 69.4 Å². The summed E-state index contributed by atoms with van der Waals surface area (Å²) in [6, 6.07) is -1.35. The van der Waals surface area contributed by atoms with Crippen molar-refractivity contribution in [3.05, 3.63) is 12.4 Å². The lowest BCUT2D eigenvalue weighted by atomic mass is 9.90. The summed E-state index contributed by atoms with van der Waals surface area (Å²) in [5.74, 6) is -2.75. The molecule has 2 amide bonds. The number of nitrogens with one attached hydrogen (secondary N) is 2. The van der Waals surface area contributed by atoms with Gasteiger partial charge in [-0.1, -0.05) is 11.6 Å². The van der Waals surface area contributed by atoms with Crippen LogP contribution in [0.5, 0.6) is 0 Å². The molecule has 2 fully saturated rings. The zero-order chi connectivity index (χ0) is 35.4. The van der Waals surface area contributed by atoms with Gasteiger partial charge in [-0.05, 0) is 19.3 Å². The third-order valence-corrected chi connectivity index (χ3v) is 9.42. The van der Waals surface area contributed by atoms with Crippen molar-refractivity contribution in [2.24, 2.45) is 0 Å². The van der Waals surface area contributed by atoms with E-state index in [9.17, 15) is 55.2 Å². The second-order valence-electron chi connectivity index (χ2n) is 11.8. The lowest BCUT2D eigenvalue weighted by molar-refractivity contribution is -0.292. The van der Waals surface area contributed by atoms with Crippen molar-refractivity contribution >= 4 is 29.5 Å². The summed E-state index contributed by atoms with van der Waals surface area (Å²) in [5.41, 5.74) is 0. The van der Waals surface area contributed by atoms with Crippen LogP contribution in [0.3, 0.4) is 0 Å². The molecule has 0 aromatic carbocycles. The van der Waals surface area contributed by atoms with E-state index in [1.54, 1.807) is 17.1 Å². The fraction of sp³-hybridized carbons (Fsp3) is 0.821. The second kappa shape index (κ2) is 19.0. The molecule has 19 nitrogen and oxygen atoms in total. The summed E-state index contributed by atoms with van der Waals surface area (Å²) in [7, 11) is 0. The molecule has 11 atom stereocenters. The van der Waals surface area contributed by atoms with Gasteiger partial charge in [0.15, 0.2) is 6.29 Å². The number of carbonyl (C=O) groups is 3. The van der Waals surface area contributed by atoms with Gasteiger partial charge in [-0.15, -0.1) is 16.9 Å². The Balaban J connectivity index is 1.51. The number of carbonyl (C=O) groups excluding carboxylic acids is 2. The number of hydrogen-bond acceptors (Lipinski definition) is 16. The Kier molecular flexibility index (Phi) is 15.8. The molecular formula is C28H47N5O14S. The fourth-order valence-corrected chi connectivity index (χ4v) is 6.66. The van der Waals surface area contributed by atoms with E-state index in [4.69, 9.17) is 14.2 Å². The topological polar surface area (TPSA) is 296 Å². The lowest BCUT2D eigenvalue weighted by Crippen LogP contribution is -2.66. The van der Waals surface area contributed by atoms with E-state index in [1.165, 1.54) is 0 Å². The van der Waals surface area contributed by atoms with Crippen molar-refractivity contribution in [3.63, 3.8) is 0 Å². The van der Waals surface area contributed by atoms with E-state index < -0.39 is 91.0 Å². The molecule has 10 N–H and O–H groups in total. The standard InChI is InChI=1S/C28H47N5O14S/c1-15(35)31-20-16(36)12-28(27(43)44,47-25(20)21(39)17(37)13-34)48-14-18-22(40)23(41)24(42)26(46-18)45-11-5-7-29-19(38)6-3-2-4-9-33-10-8-30-32-33/h8,10,16-18,20-26,34,36-37,39-42H,2-7,9,11-14H2,1H3,(H,29,38)(H,31,35)(H,43,44)/t16-,17-,18?,20-,21-,22+,23+,24?,25?,26-,28+/m1/s1. The minimum atomic E-state index is -2.30. The van der Waals surface area contributed by atoms with Crippen molar-refractivity contribution in [2.75, 3.05) is 25.5 Å². The van der Waals surface area contributed by atoms with Crippen LogP contribution in [0.2, 0.25) is 0 Å². The van der Waals surface area contributed by atoms with Crippen LogP contribution in [0.4, 0.5) is 0 Å². The van der Waals surface area contributed by atoms with Gasteiger partial charge >= 0.3 is 5.97 Å². The largest absolute Gasteiger partial charge is 0.478 e. The van der Waals surface area contributed by atoms with Gasteiger partial charge < -0.3 is 65.7 Å². The normalized spacial score (nSPS) is 31.9. The number of carboxylic acid groups (broad SMARTS) is 1. The predicted molar refractivity (Wildman–Crippen MR) is 164 cm³/mol. The van der Waals surface area contributed by atoms with Crippen LogP contribution < -0.4 is 10.6 Å². The second-order valence-corrected chi connectivity index (χ2v) is 13.0. The maximum Gasteiger partial charge on any atom is 0.346 e. The number of nitrogens with zero attached hydrogens (tertiary/aromatic N) is 3. The molecule has 1 aromatic heterocycles. The van der Waals surface area contributed by atoms with Gasteiger partial charge in [-0.3, -0.25) is 14.3 Å². The van der Waals surface area contributed by atoms with Crippen LogP contribution in [-0.4, -0.2) is 165 Å². The van der Waals surface area contributed by atoms with E-state index >= 15 is 0 Å². The van der Waals surface area contributed by atoms with Gasteiger partial charge in [-0.25, -0.2) is 4.79 Å². The third-order valence-electron chi connectivity index (χ3n) is 8.02. The quantitative estimate of drug-likeness (QED) is 0.0613. The van der Waals surface area contributed by atoms with Crippen LogP contribution in [0, 0.1) is 0 Å². The van der Waals surface area contributed by atoms with E-state index in [1.807, 2.05) is 0 Å². The van der Waals surface area contributed by atoms with Gasteiger partial charge in [0.25, 0.3) is 0 Å². The Labute approximate surface area is 280 Å². The number of ether oxygens (including phenoxy) is 3. The number of aliphatic carboxylic acids is 1. The van der Waals surface area contributed by atoms with Crippen molar-refractivity contribution in [1.29, 1.82) is 0 Å². The van der Waals surface area contributed by atoms with Crippen molar-refractivity contribution in [1.82, 2.24) is 25.6 Å². The minimum Gasteiger partial charge on any atom is -0.478 e. The van der Waals surface area contributed by atoms with Crippen molar-refractivity contribution in [2.45, 2.75) is 118 Å². The van der Waals surface area contributed by atoms with E-state index in [0.717, 1.165) is 26.3 Å². The molecule has 3 unspecified atom stereocenters. The van der Waals surface area contributed by atoms with Gasteiger partial charge in [0, 0.05) is 44.8 Å². The number of aliphatic hydroxyl groups is 7. The molecule has 48 heavy (non-hydrogen) atoms. The predicted octanol–water partition coefficient (Wildman–Crippen LogP) is -3.95. The first kappa shape index (κ1) is 39.9. The molecule has 2 saturated heterocycles. The molecule has 0 saturated carbocycles. The van der Waals surface area contributed by atoms with Gasteiger partial charge in [0.2, 0.25) is 16.7 Å². The summed E-state index contributed by atoms with van der Waals surface area (Å²) in [4.78, 5) is 34.0. The summed E-state index contributed by atoms with van der Waals surface area (Å²) < 4.78 is 18.7. The fourth-order valence-electron chi connectivity index (χ4n) is 5.36. The highest BCUT2D eigenvalue weighted by molar-refractivity contribution is 8.01. The SMILES string of the molecule is CC(=O)N[C@H]1C([C@H](O)[C@H](O)CO)O[C@@](SCC2O[C@@H](OCCCNC(=O)CCCCCn3ccnn3)C(O)[C@@H](O)[C@H]2O)(C(=O)O)C[C@H]1O. The minimum absolute atomic E-state index is 0.00571. The Morgan fingerprint density at radius 3 is 2.50 bits per heavy atom. The molecular weight excluding hydrogens is 662 g/mol. The molecule has 0 radical (unpaired) electrons. The highest BCUT2D eigenvalue weighted by Gasteiger charge is 2.56. The number of rotatable bonds is 19. The Bertz CT molecular complexity index is 1150. The summed E-state index contributed by atoms with van der Waals surface area (Å²) >= 11 is 0.540. The van der Waals surface area contributed by atoms with Crippen LogP contribution in [-0.2, 0) is 35.1 Å². The number of unbranched alkanes of at least 4 members (excludes halogenated alkanes) is 2. The molecule has 2 aliphatic rings. The zero-order valence-electron chi connectivity index (χ0n) is 26.5. The van der Waals surface area contributed by atoms with E-state index in [-0.39, 0.29) is 24.8 Å². The number of aryl methyl sites for hydroxylation is 1. The summed E-state index contributed by atoms with van der Waals surface area (Å²) in [6.07, 6.45) is -8.99. The zero-order valence-corrected chi connectivity index (χ0v) is 27.3. The van der Waals surface area contributed by atoms with E-state index in [0.29, 0.717) is 31.0 Å². The molecule has 274 valence electrons. The first-order chi connectivity index (χ1) is 22.8. The maximum absolute atomic E-state index is 12.5. The third kappa shape index (κ3) is 11.0. The average molecular weight is 710 g/mol. The van der Waals surface area contributed by atoms with Crippen LogP contribution in [0.15, 0.2) is 12.4 Å². The van der Waals surface area contributed by atoms with Gasteiger partial charge in [0.1, 0.15) is 36.6 Å². The van der Waals surface area contributed by atoms with Crippen molar-refractivity contribution in [3.8, 4) is 0 Å². The monoisotopic (exact) mass is 709 g/mol. The maximum atomic E-state index is 12.5. The summed E-state index contributed by atoms with van der Waals surface area (Å²) in [6.45, 7) is 1.17. The molecule has 20 heteroatoms. The number of amides is 2. The Morgan fingerprint density at radius 1 is 1.10 bits per heavy atom. The first-order valence-electron chi connectivity index (χ1n) is 15.7. The van der Waals surface area contributed by atoms with Gasteiger partial charge in [0.05, 0.1) is 37.7 Å². The van der Waals surface area contributed by atoms with Crippen LogP contribution >= 0.6 is 11.8 Å². The molecule has 1 aromatic rings. The number of carboxylic acids is 1. The van der Waals surface area contributed by atoms with Gasteiger partial charge in [-0.2, -0.15) is 0 Å². The molecule has 3 rings (SSSR count).